The Bertz CT molecular complexity index is 906. The van der Waals surface area contributed by atoms with Gasteiger partial charge >= 0.3 is 0 Å². The molecule has 1 aromatic heterocycles. The first-order chi connectivity index (χ1) is 16.0. The number of carbonyl (C=O) groups excluding carboxylic acids is 1. The second-order valence-electron chi connectivity index (χ2n) is 10.6. The van der Waals surface area contributed by atoms with E-state index in [-0.39, 0.29) is 11.6 Å². The van der Waals surface area contributed by atoms with Gasteiger partial charge in [-0.15, -0.1) is 0 Å². The Kier molecular flexibility index (Phi) is 5.66. The topological polar surface area (TPSA) is 71.0 Å². The molecule has 9 heteroatoms. The van der Waals surface area contributed by atoms with Crippen molar-refractivity contribution >= 4 is 23.5 Å². The van der Waals surface area contributed by atoms with Crippen LogP contribution in [0.4, 0.5) is 5.95 Å². The Balaban J connectivity index is 1.12. The van der Waals surface area contributed by atoms with E-state index in [9.17, 15) is 4.79 Å². The van der Waals surface area contributed by atoms with E-state index in [2.05, 4.69) is 31.7 Å². The van der Waals surface area contributed by atoms with Gasteiger partial charge < -0.3 is 19.3 Å². The zero-order chi connectivity index (χ0) is 22.6. The summed E-state index contributed by atoms with van der Waals surface area (Å²) >= 11 is 6.33. The predicted molar refractivity (Wildman–Crippen MR) is 125 cm³/mol. The standard InChI is InChI=1S/C24H34ClN5O3/c1-28(23-26-20(25)12-21(27-23)33-19-5-9-32-15-19)17-10-16-4-6-24(13-18(11-17)30(16)24)14-22(31)29-7-2-3-8-29/h12,16-19H,2-11,13-15H2,1H3/t16-,17-,18-,19-,24?/m0/s1. The van der Waals surface area contributed by atoms with E-state index in [4.69, 9.17) is 21.1 Å². The smallest absolute Gasteiger partial charge is 0.230 e. The number of likely N-dealkylation sites (tertiary alicyclic amines) is 1. The lowest BCUT2D eigenvalue weighted by Gasteiger charge is -2.61. The highest BCUT2D eigenvalue weighted by molar-refractivity contribution is 6.29. The van der Waals surface area contributed by atoms with Crippen molar-refractivity contribution in [2.45, 2.75) is 87.6 Å². The lowest BCUT2D eigenvalue weighted by molar-refractivity contribution is -0.143. The van der Waals surface area contributed by atoms with E-state index in [1.54, 1.807) is 6.07 Å². The number of nitrogens with zero attached hydrogens (tertiary/aromatic N) is 5. The van der Waals surface area contributed by atoms with Crippen LogP contribution in [0, 0.1) is 0 Å². The minimum absolute atomic E-state index is 0.0298. The molecule has 5 fully saturated rings. The molecule has 0 bridgehead atoms. The first-order valence-electron chi connectivity index (χ1n) is 12.6. The largest absolute Gasteiger partial charge is 0.472 e. The van der Waals surface area contributed by atoms with Gasteiger partial charge in [-0.3, -0.25) is 9.69 Å². The van der Waals surface area contributed by atoms with Gasteiger partial charge in [0.1, 0.15) is 11.3 Å². The first kappa shape index (κ1) is 21.9. The molecule has 33 heavy (non-hydrogen) atoms. The highest BCUT2D eigenvalue weighted by atomic mass is 35.5. The summed E-state index contributed by atoms with van der Waals surface area (Å²) in [6.07, 6.45) is 9.56. The van der Waals surface area contributed by atoms with Crippen LogP contribution in [0.2, 0.25) is 5.15 Å². The fourth-order valence-electron chi connectivity index (χ4n) is 7.03. The monoisotopic (exact) mass is 475 g/mol. The van der Waals surface area contributed by atoms with Crippen LogP contribution in [0.25, 0.3) is 0 Å². The van der Waals surface area contributed by atoms with Crippen LogP contribution in [-0.2, 0) is 9.53 Å². The molecule has 5 aliphatic rings. The molecule has 5 saturated heterocycles. The molecule has 180 valence electrons. The van der Waals surface area contributed by atoms with Crippen molar-refractivity contribution in [2.24, 2.45) is 0 Å². The van der Waals surface area contributed by atoms with Crippen molar-refractivity contribution in [1.82, 2.24) is 19.8 Å². The van der Waals surface area contributed by atoms with Gasteiger partial charge in [0.2, 0.25) is 17.7 Å². The van der Waals surface area contributed by atoms with Crippen molar-refractivity contribution in [2.75, 3.05) is 38.3 Å². The minimum atomic E-state index is 0.0298. The van der Waals surface area contributed by atoms with Crippen molar-refractivity contribution in [3.05, 3.63) is 11.2 Å². The summed E-state index contributed by atoms with van der Waals surface area (Å²) < 4.78 is 11.4. The van der Waals surface area contributed by atoms with Crippen LogP contribution < -0.4 is 9.64 Å². The SMILES string of the molecule is CN(c1nc(Cl)cc(O[C@H]2CCOC2)n1)[C@H]1C[C@@H]2CCC3(CC(=O)N4CCCC4)C[C@H](C1)N23. The molecule has 0 aromatic carbocycles. The third kappa shape index (κ3) is 3.98. The zero-order valence-electron chi connectivity index (χ0n) is 19.4. The average Bonchev–Trinajstić information content (AvgIpc) is 3.53. The fraction of sp³-hybridized carbons (Fsp3) is 0.792. The molecule has 0 N–H and O–H groups in total. The molecule has 8 nitrogen and oxygen atoms in total. The van der Waals surface area contributed by atoms with E-state index in [0.29, 0.717) is 54.0 Å². The van der Waals surface area contributed by atoms with Gasteiger partial charge in [0.05, 0.1) is 13.2 Å². The van der Waals surface area contributed by atoms with E-state index in [1.165, 1.54) is 6.42 Å². The molecule has 0 aliphatic carbocycles. The maximum absolute atomic E-state index is 12.9. The van der Waals surface area contributed by atoms with Gasteiger partial charge in [-0.2, -0.15) is 4.98 Å². The number of aromatic nitrogens is 2. The molecule has 6 heterocycles. The van der Waals surface area contributed by atoms with Crippen molar-refractivity contribution in [3.63, 3.8) is 0 Å². The van der Waals surface area contributed by atoms with Crippen LogP contribution in [0.5, 0.6) is 5.88 Å². The van der Waals surface area contributed by atoms with Gasteiger partial charge in [0.25, 0.3) is 0 Å². The Morgan fingerprint density at radius 3 is 2.88 bits per heavy atom. The number of hydrogen-bond acceptors (Lipinski definition) is 7. The Labute approximate surface area is 200 Å². The van der Waals surface area contributed by atoms with Crippen LogP contribution in [0.3, 0.4) is 0 Å². The minimum Gasteiger partial charge on any atom is -0.472 e. The van der Waals surface area contributed by atoms with Crippen molar-refractivity contribution in [1.29, 1.82) is 0 Å². The molecular formula is C24H34ClN5O3. The summed E-state index contributed by atoms with van der Waals surface area (Å²) in [6.45, 7) is 3.22. The van der Waals surface area contributed by atoms with Gasteiger partial charge in [0.15, 0.2) is 0 Å². The van der Waals surface area contributed by atoms with Crippen LogP contribution in [0.15, 0.2) is 6.07 Å². The molecule has 0 spiro atoms. The normalized spacial score (nSPS) is 35.4. The second kappa shape index (κ2) is 8.54. The number of anilines is 1. The molecule has 1 amide bonds. The van der Waals surface area contributed by atoms with Crippen molar-refractivity contribution < 1.29 is 14.3 Å². The quantitative estimate of drug-likeness (QED) is 0.586. The first-order valence-corrected chi connectivity index (χ1v) is 13.0. The summed E-state index contributed by atoms with van der Waals surface area (Å²) in [7, 11) is 2.08. The van der Waals surface area contributed by atoms with Crippen LogP contribution in [0.1, 0.15) is 57.8 Å². The number of amides is 1. The highest BCUT2D eigenvalue weighted by Gasteiger charge is 2.61. The van der Waals surface area contributed by atoms with Crippen molar-refractivity contribution in [3.8, 4) is 5.88 Å². The highest BCUT2D eigenvalue weighted by Crippen LogP contribution is 2.55. The third-order valence-electron chi connectivity index (χ3n) is 8.62. The molecule has 0 radical (unpaired) electrons. The summed E-state index contributed by atoms with van der Waals surface area (Å²) in [5.74, 6) is 1.52. The Hall–Kier alpha value is -1.64. The second-order valence-corrected chi connectivity index (χ2v) is 11.0. The van der Waals surface area contributed by atoms with Gasteiger partial charge in [0, 0.05) is 62.7 Å². The predicted octanol–water partition coefficient (Wildman–Crippen LogP) is 2.88. The average molecular weight is 476 g/mol. The van der Waals surface area contributed by atoms with Gasteiger partial charge in [-0.25, -0.2) is 4.98 Å². The number of halogens is 1. The van der Waals surface area contributed by atoms with Gasteiger partial charge in [-0.1, -0.05) is 11.6 Å². The molecule has 1 aromatic rings. The van der Waals surface area contributed by atoms with Crippen LogP contribution >= 0.6 is 11.6 Å². The molecule has 1 unspecified atom stereocenters. The zero-order valence-corrected chi connectivity index (χ0v) is 20.2. The summed E-state index contributed by atoms with van der Waals surface area (Å²) in [5, 5.41) is 0.405. The molecule has 6 rings (SSSR count). The number of rotatable bonds is 6. The Morgan fingerprint density at radius 2 is 2.09 bits per heavy atom. The van der Waals surface area contributed by atoms with E-state index in [0.717, 1.165) is 64.6 Å². The molecule has 5 atom stereocenters. The summed E-state index contributed by atoms with van der Waals surface area (Å²) in [6, 6.07) is 3.15. The molecular weight excluding hydrogens is 442 g/mol. The van der Waals surface area contributed by atoms with Gasteiger partial charge in [-0.05, 0) is 44.9 Å². The maximum Gasteiger partial charge on any atom is 0.230 e. The maximum atomic E-state index is 12.9. The van der Waals surface area contributed by atoms with E-state index in [1.807, 2.05) is 0 Å². The molecule has 5 aliphatic heterocycles. The summed E-state index contributed by atoms with van der Waals surface area (Å²) in [4.78, 5) is 29.1. The van der Waals surface area contributed by atoms with E-state index >= 15 is 0 Å². The number of carbonyl (C=O) groups is 1. The number of hydrogen-bond donors (Lipinski definition) is 0. The van der Waals surface area contributed by atoms with Crippen LogP contribution in [-0.4, -0.2) is 88.8 Å². The molecule has 0 saturated carbocycles. The summed E-state index contributed by atoms with van der Waals surface area (Å²) in [5.41, 5.74) is 0.121. The third-order valence-corrected chi connectivity index (χ3v) is 8.81. The number of piperidine rings is 1. The Morgan fingerprint density at radius 1 is 1.27 bits per heavy atom. The lowest BCUT2D eigenvalue weighted by atomic mass is 9.72. The van der Waals surface area contributed by atoms with E-state index < -0.39 is 0 Å². The fourth-order valence-corrected chi connectivity index (χ4v) is 7.20. The number of ether oxygens (including phenoxy) is 2. The lowest BCUT2D eigenvalue weighted by Crippen LogP contribution is -2.69.